The van der Waals surface area contributed by atoms with Gasteiger partial charge in [0.2, 0.25) is 5.92 Å². The van der Waals surface area contributed by atoms with Gasteiger partial charge in [0.1, 0.15) is 0 Å². The molecule has 0 aromatic heterocycles. The Morgan fingerprint density at radius 3 is 2.39 bits per heavy atom. The van der Waals surface area contributed by atoms with E-state index in [1.807, 2.05) is 0 Å². The molecule has 0 bridgehead atoms. The highest BCUT2D eigenvalue weighted by molar-refractivity contribution is 5.15. The third kappa shape index (κ3) is 2.85. The molecule has 6 rings (SSSR count). The zero-order valence-corrected chi connectivity index (χ0v) is 20.0. The second kappa shape index (κ2) is 6.68. The largest absolute Gasteiger partial charge is 0.349 e. The molecule has 4 heteroatoms. The van der Waals surface area contributed by atoms with Gasteiger partial charge in [0.05, 0.1) is 12.7 Å². The molecule has 176 valence electrons. The van der Waals surface area contributed by atoms with Gasteiger partial charge < -0.3 is 9.47 Å². The van der Waals surface area contributed by atoms with Crippen LogP contribution in [0.25, 0.3) is 0 Å². The fourth-order valence-corrected chi connectivity index (χ4v) is 10.2. The number of rotatable bonds is 0. The first-order chi connectivity index (χ1) is 14.6. The highest BCUT2D eigenvalue weighted by Gasteiger charge is 2.69. The predicted molar refractivity (Wildman–Crippen MR) is 117 cm³/mol. The second-order valence-electron chi connectivity index (χ2n) is 13.2. The summed E-state index contributed by atoms with van der Waals surface area (Å²) in [5.74, 6) is 1.17. The van der Waals surface area contributed by atoms with Crippen molar-refractivity contribution >= 4 is 0 Å². The number of alkyl halides is 2. The van der Waals surface area contributed by atoms with Gasteiger partial charge in [-0.1, -0.05) is 27.7 Å². The molecule has 0 aromatic rings. The molecule has 2 nitrogen and oxygen atoms in total. The Bertz CT molecular complexity index is 731. The van der Waals surface area contributed by atoms with Crippen LogP contribution in [-0.2, 0) is 9.47 Å². The summed E-state index contributed by atoms with van der Waals surface area (Å²) in [4.78, 5) is 0. The molecular formula is C27H42F2O2. The van der Waals surface area contributed by atoms with Crippen molar-refractivity contribution in [1.29, 1.82) is 0 Å². The Balaban J connectivity index is 1.25. The van der Waals surface area contributed by atoms with Gasteiger partial charge in [0, 0.05) is 25.2 Å². The fourth-order valence-electron chi connectivity index (χ4n) is 10.2. The minimum Gasteiger partial charge on any atom is -0.349 e. The first kappa shape index (κ1) is 21.3. The van der Waals surface area contributed by atoms with Crippen LogP contribution in [0.4, 0.5) is 8.78 Å². The van der Waals surface area contributed by atoms with Crippen LogP contribution in [0.5, 0.6) is 0 Å². The fraction of sp³-hybridized carbons (Fsp3) is 1.00. The second-order valence-corrected chi connectivity index (χ2v) is 13.2. The molecule has 7 unspecified atom stereocenters. The Labute approximate surface area is 187 Å². The maximum atomic E-state index is 14.2. The molecule has 0 amide bonds. The van der Waals surface area contributed by atoms with E-state index in [0.717, 1.165) is 32.3 Å². The average molecular weight is 437 g/mol. The molecule has 0 N–H and O–H groups in total. The van der Waals surface area contributed by atoms with Gasteiger partial charge in [0.25, 0.3) is 0 Å². The highest BCUT2D eigenvalue weighted by atomic mass is 19.3. The maximum absolute atomic E-state index is 14.2. The molecule has 2 aliphatic heterocycles. The number of halogens is 2. The lowest BCUT2D eigenvalue weighted by atomic mass is 9.44. The van der Waals surface area contributed by atoms with E-state index in [4.69, 9.17) is 9.47 Å². The Morgan fingerprint density at radius 2 is 1.65 bits per heavy atom. The van der Waals surface area contributed by atoms with E-state index in [1.54, 1.807) is 0 Å². The quantitative estimate of drug-likeness (QED) is 0.404. The van der Waals surface area contributed by atoms with Crippen molar-refractivity contribution < 1.29 is 18.3 Å². The molecule has 4 saturated carbocycles. The molecule has 2 saturated heterocycles. The van der Waals surface area contributed by atoms with Gasteiger partial charge >= 0.3 is 0 Å². The minimum absolute atomic E-state index is 0.106. The normalized spacial score (nSPS) is 60.2. The summed E-state index contributed by atoms with van der Waals surface area (Å²) in [5, 5.41) is 0. The van der Waals surface area contributed by atoms with Gasteiger partial charge in [-0.15, -0.1) is 0 Å². The Kier molecular flexibility index (Phi) is 4.59. The molecule has 0 radical (unpaired) electrons. The van der Waals surface area contributed by atoms with Crippen molar-refractivity contribution in [2.75, 3.05) is 6.61 Å². The number of ether oxygens (including phenoxy) is 2. The Morgan fingerprint density at radius 1 is 0.839 bits per heavy atom. The van der Waals surface area contributed by atoms with Gasteiger partial charge in [-0.3, -0.25) is 0 Å². The average Bonchev–Trinajstić information content (AvgIpc) is 3.16. The molecule has 4 aliphatic carbocycles. The topological polar surface area (TPSA) is 18.5 Å². The smallest absolute Gasteiger partial charge is 0.248 e. The van der Waals surface area contributed by atoms with Crippen LogP contribution < -0.4 is 0 Å². The molecule has 11 atom stereocenters. The first-order valence-corrected chi connectivity index (χ1v) is 13.3. The monoisotopic (exact) mass is 436 g/mol. The van der Waals surface area contributed by atoms with Crippen LogP contribution in [-0.4, -0.2) is 24.4 Å². The zero-order valence-electron chi connectivity index (χ0n) is 20.0. The van der Waals surface area contributed by atoms with Crippen LogP contribution in [0.3, 0.4) is 0 Å². The number of fused-ring (bicyclic) bond motifs is 7. The maximum Gasteiger partial charge on any atom is 0.248 e. The lowest BCUT2D eigenvalue weighted by Gasteiger charge is -2.61. The van der Waals surface area contributed by atoms with Crippen LogP contribution >= 0.6 is 0 Å². The minimum atomic E-state index is -2.43. The van der Waals surface area contributed by atoms with Crippen molar-refractivity contribution in [2.24, 2.45) is 52.3 Å². The zero-order chi connectivity index (χ0) is 21.8. The van der Waals surface area contributed by atoms with E-state index < -0.39 is 5.92 Å². The lowest BCUT2D eigenvalue weighted by Crippen LogP contribution is -2.55. The summed E-state index contributed by atoms with van der Waals surface area (Å²) >= 11 is 0. The molecule has 6 fully saturated rings. The molecular weight excluding hydrogens is 394 g/mol. The summed E-state index contributed by atoms with van der Waals surface area (Å²) in [6.45, 7) is 10.5. The Hall–Kier alpha value is -0.220. The third-order valence-electron chi connectivity index (χ3n) is 11.9. The van der Waals surface area contributed by atoms with Crippen molar-refractivity contribution in [3.05, 3.63) is 0 Å². The van der Waals surface area contributed by atoms with Crippen LogP contribution in [0, 0.1) is 52.3 Å². The highest BCUT2D eigenvalue weighted by Crippen LogP contribution is 2.71. The van der Waals surface area contributed by atoms with Crippen LogP contribution in [0.1, 0.15) is 91.9 Å². The van der Waals surface area contributed by atoms with Crippen LogP contribution in [0.15, 0.2) is 0 Å². The van der Waals surface area contributed by atoms with E-state index in [2.05, 4.69) is 27.7 Å². The SMILES string of the molecule is C[C@H]1CCC2(OC1)OC1CC3C4CCC5CC(F)(F)CC[C@]5(C)C4CC[C@]3(C)C1[C@@H]2C. The van der Waals surface area contributed by atoms with E-state index in [-0.39, 0.29) is 30.0 Å². The number of hydrogen-bond acceptors (Lipinski definition) is 2. The van der Waals surface area contributed by atoms with E-state index >= 15 is 0 Å². The van der Waals surface area contributed by atoms with Crippen molar-refractivity contribution in [3.8, 4) is 0 Å². The van der Waals surface area contributed by atoms with Crippen LogP contribution in [0.2, 0.25) is 0 Å². The predicted octanol–water partition coefficient (Wildman–Crippen LogP) is 7.07. The van der Waals surface area contributed by atoms with Gasteiger partial charge in [-0.2, -0.15) is 0 Å². The summed E-state index contributed by atoms with van der Waals surface area (Å²) < 4.78 is 41.7. The van der Waals surface area contributed by atoms with Gasteiger partial charge in [0.15, 0.2) is 5.79 Å². The molecule has 6 aliphatic rings. The molecule has 0 aromatic carbocycles. The molecule has 2 heterocycles. The van der Waals surface area contributed by atoms with E-state index in [1.165, 1.54) is 25.7 Å². The van der Waals surface area contributed by atoms with Crippen molar-refractivity contribution in [3.63, 3.8) is 0 Å². The summed E-state index contributed by atoms with van der Waals surface area (Å²) in [6, 6.07) is 0. The number of hydrogen-bond donors (Lipinski definition) is 0. The third-order valence-corrected chi connectivity index (χ3v) is 11.9. The molecule has 1 spiro atoms. The summed E-state index contributed by atoms with van der Waals surface area (Å²) in [5.41, 5.74) is 0.447. The first-order valence-electron chi connectivity index (χ1n) is 13.3. The summed E-state index contributed by atoms with van der Waals surface area (Å²) in [6.07, 6.45) is 9.38. The molecule has 31 heavy (non-hydrogen) atoms. The summed E-state index contributed by atoms with van der Waals surface area (Å²) in [7, 11) is 0. The van der Waals surface area contributed by atoms with Gasteiger partial charge in [-0.05, 0) is 91.3 Å². The van der Waals surface area contributed by atoms with E-state index in [0.29, 0.717) is 47.0 Å². The van der Waals surface area contributed by atoms with Crippen molar-refractivity contribution in [2.45, 2.75) is 110 Å². The van der Waals surface area contributed by atoms with E-state index in [9.17, 15) is 8.78 Å². The van der Waals surface area contributed by atoms with Crippen molar-refractivity contribution in [1.82, 2.24) is 0 Å². The standard InChI is InChI=1S/C27H42F2O2/c1-16-7-10-27(30-15-16)17(2)23-22(31-27)13-21-19-6-5-18-14-26(28,29)12-11-24(18,3)20(19)8-9-25(21,23)4/h16-23H,5-15H2,1-4H3/t16-,17-,18?,19?,20?,21?,22?,23?,24-,25-,27?/m0/s1. The lowest BCUT2D eigenvalue weighted by molar-refractivity contribution is -0.273. The van der Waals surface area contributed by atoms with Gasteiger partial charge in [-0.25, -0.2) is 8.78 Å².